The largest absolute Gasteiger partial charge is 0.390 e. The van der Waals surface area contributed by atoms with E-state index in [4.69, 9.17) is 5.73 Å². The van der Waals surface area contributed by atoms with Crippen LogP contribution in [0.4, 0.5) is 5.82 Å². The standard InChI is InChI=1S/C14H18N4O2/c15-13(20)10-5-1-3-8-18(10)14-11(9-19)17-7-4-2-6-12(17)16-14/h2,4,6-7,10,19H,1,3,5,8-9H2,(H2,15,20). The van der Waals surface area contributed by atoms with Crippen LogP contribution in [0.25, 0.3) is 5.65 Å². The van der Waals surface area contributed by atoms with Gasteiger partial charge < -0.3 is 15.7 Å². The molecule has 106 valence electrons. The van der Waals surface area contributed by atoms with Crippen LogP contribution in [0.3, 0.4) is 0 Å². The van der Waals surface area contributed by atoms with Crippen molar-refractivity contribution in [1.82, 2.24) is 9.38 Å². The van der Waals surface area contributed by atoms with E-state index in [-0.39, 0.29) is 18.6 Å². The summed E-state index contributed by atoms with van der Waals surface area (Å²) in [5.41, 5.74) is 6.97. The smallest absolute Gasteiger partial charge is 0.240 e. The third-order valence-electron chi connectivity index (χ3n) is 3.86. The predicted octanol–water partition coefficient (Wildman–Crippen LogP) is 0.671. The maximum Gasteiger partial charge on any atom is 0.240 e. The molecule has 1 aliphatic heterocycles. The molecule has 3 N–H and O–H groups in total. The zero-order valence-electron chi connectivity index (χ0n) is 11.2. The molecule has 0 radical (unpaired) electrons. The Morgan fingerprint density at radius 1 is 1.45 bits per heavy atom. The summed E-state index contributed by atoms with van der Waals surface area (Å²) in [5.74, 6) is 0.341. The van der Waals surface area contributed by atoms with E-state index in [1.807, 2.05) is 33.7 Å². The number of nitrogens with two attached hydrogens (primary N) is 1. The van der Waals surface area contributed by atoms with Gasteiger partial charge in [-0.25, -0.2) is 4.98 Å². The molecule has 6 nitrogen and oxygen atoms in total. The van der Waals surface area contributed by atoms with Crippen LogP contribution >= 0.6 is 0 Å². The van der Waals surface area contributed by atoms with Crippen molar-refractivity contribution in [3.63, 3.8) is 0 Å². The van der Waals surface area contributed by atoms with Crippen LogP contribution in [0.2, 0.25) is 0 Å². The minimum Gasteiger partial charge on any atom is -0.390 e. The van der Waals surface area contributed by atoms with Gasteiger partial charge in [0.1, 0.15) is 11.7 Å². The molecule has 1 unspecified atom stereocenters. The number of anilines is 1. The summed E-state index contributed by atoms with van der Waals surface area (Å²) in [6, 6.07) is 5.33. The number of aliphatic hydroxyl groups is 1. The van der Waals surface area contributed by atoms with Crippen molar-refractivity contribution >= 4 is 17.4 Å². The number of nitrogens with zero attached hydrogens (tertiary/aromatic N) is 3. The molecule has 0 aliphatic carbocycles. The van der Waals surface area contributed by atoms with Crippen molar-refractivity contribution in [2.24, 2.45) is 5.73 Å². The number of pyridine rings is 1. The lowest BCUT2D eigenvalue weighted by Crippen LogP contribution is -2.48. The van der Waals surface area contributed by atoms with Crippen LogP contribution in [-0.4, -0.2) is 33.0 Å². The van der Waals surface area contributed by atoms with Crippen molar-refractivity contribution in [1.29, 1.82) is 0 Å². The lowest BCUT2D eigenvalue weighted by molar-refractivity contribution is -0.119. The van der Waals surface area contributed by atoms with Crippen LogP contribution in [0, 0.1) is 0 Å². The lowest BCUT2D eigenvalue weighted by atomic mass is 10.0. The number of carbonyl (C=O) groups is 1. The first-order chi connectivity index (χ1) is 9.72. The number of hydrogen-bond donors (Lipinski definition) is 2. The maximum atomic E-state index is 11.6. The topological polar surface area (TPSA) is 83.9 Å². The minimum absolute atomic E-state index is 0.123. The second kappa shape index (κ2) is 5.13. The van der Waals surface area contributed by atoms with Crippen molar-refractivity contribution in [2.75, 3.05) is 11.4 Å². The van der Waals surface area contributed by atoms with Gasteiger partial charge in [-0.3, -0.25) is 9.20 Å². The number of imidazole rings is 1. The zero-order valence-corrected chi connectivity index (χ0v) is 11.2. The normalized spacial score (nSPS) is 19.4. The highest BCUT2D eigenvalue weighted by atomic mass is 16.3. The fourth-order valence-corrected chi connectivity index (χ4v) is 2.89. The van der Waals surface area contributed by atoms with Gasteiger partial charge in [0.05, 0.1) is 12.3 Å². The van der Waals surface area contributed by atoms with E-state index in [9.17, 15) is 9.90 Å². The third kappa shape index (κ3) is 2.02. The Morgan fingerprint density at radius 2 is 2.30 bits per heavy atom. The average Bonchev–Trinajstić information content (AvgIpc) is 2.85. The van der Waals surface area contributed by atoms with Gasteiger partial charge in [0.2, 0.25) is 5.91 Å². The van der Waals surface area contributed by atoms with Crippen LogP contribution in [0.1, 0.15) is 25.0 Å². The molecule has 1 atom stereocenters. The Bertz CT molecular complexity index is 637. The summed E-state index contributed by atoms with van der Waals surface area (Å²) in [6.45, 7) is 0.618. The van der Waals surface area contributed by atoms with E-state index < -0.39 is 0 Å². The van der Waals surface area contributed by atoms with Gasteiger partial charge in [-0.15, -0.1) is 0 Å². The van der Waals surface area contributed by atoms with Gasteiger partial charge in [-0.2, -0.15) is 0 Å². The molecule has 3 heterocycles. The van der Waals surface area contributed by atoms with E-state index in [0.29, 0.717) is 11.5 Å². The summed E-state index contributed by atoms with van der Waals surface area (Å²) in [4.78, 5) is 18.1. The number of aliphatic hydroxyl groups excluding tert-OH is 1. The Kier molecular flexibility index (Phi) is 3.31. The second-order valence-corrected chi connectivity index (χ2v) is 5.08. The zero-order chi connectivity index (χ0) is 14.1. The van der Waals surface area contributed by atoms with Crippen LogP contribution < -0.4 is 10.6 Å². The number of carbonyl (C=O) groups excluding carboxylic acids is 1. The summed E-state index contributed by atoms with van der Waals surface area (Å²) in [6.07, 6.45) is 4.60. The molecular weight excluding hydrogens is 256 g/mol. The number of hydrogen-bond acceptors (Lipinski definition) is 4. The molecule has 0 bridgehead atoms. The predicted molar refractivity (Wildman–Crippen MR) is 75.3 cm³/mol. The summed E-state index contributed by atoms with van der Waals surface area (Å²) in [7, 11) is 0. The lowest BCUT2D eigenvalue weighted by Gasteiger charge is -2.34. The van der Waals surface area contributed by atoms with Crippen LogP contribution in [-0.2, 0) is 11.4 Å². The first kappa shape index (κ1) is 12.9. The summed E-state index contributed by atoms with van der Waals surface area (Å²) in [5, 5.41) is 9.66. The minimum atomic E-state index is -0.334. The van der Waals surface area contributed by atoms with Crippen molar-refractivity contribution < 1.29 is 9.90 Å². The molecule has 2 aromatic rings. The number of aromatic nitrogens is 2. The third-order valence-corrected chi connectivity index (χ3v) is 3.86. The Balaban J connectivity index is 2.10. The highest BCUT2D eigenvalue weighted by Crippen LogP contribution is 2.28. The highest BCUT2D eigenvalue weighted by molar-refractivity contribution is 5.84. The van der Waals surface area contributed by atoms with Gasteiger partial charge in [0.15, 0.2) is 5.82 Å². The molecule has 1 aliphatic rings. The van der Waals surface area contributed by atoms with Gasteiger partial charge in [-0.1, -0.05) is 6.07 Å². The van der Waals surface area contributed by atoms with E-state index in [1.54, 1.807) is 0 Å². The number of piperidine rings is 1. The Hall–Kier alpha value is -2.08. The van der Waals surface area contributed by atoms with Gasteiger partial charge in [-0.05, 0) is 31.4 Å². The van der Waals surface area contributed by atoms with Crippen molar-refractivity contribution in [2.45, 2.75) is 31.9 Å². The molecule has 0 spiro atoms. The molecule has 0 aromatic carbocycles. The number of fused-ring (bicyclic) bond motifs is 1. The van der Waals surface area contributed by atoms with Gasteiger partial charge in [0.25, 0.3) is 0 Å². The highest BCUT2D eigenvalue weighted by Gasteiger charge is 2.30. The average molecular weight is 274 g/mol. The fourth-order valence-electron chi connectivity index (χ4n) is 2.89. The van der Waals surface area contributed by atoms with E-state index in [2.05, 4.69) is 4.98 Å². The molecule has 1 saturated heterocycles. The van der Waals surface area contributed by atoms with Crippen LogP contribution in [0.15, 0.2) is 24.4 Å². The summed E-state index contributed by atoms with van der Waals surface area (Å²) >= 11 is 0. The summed E-state index contributed by atoms with van der Waals surface area (Å²) < 4.78 is 1.85. The molecular formula is C14H18N4O2. The Labute approximate surface area is 116 Å². The van der Waals surface area contributed by atoms with E-state index in [1.165, 1.54) is 0 Å². The first-order valence-electron chi connectivity index (χ1n) is 6.85. The fraction of sp³-hybridized carbons (Fsp3) is 0.429. The molecule has 0 saturated carbocycles. The van der Waals surface area contributed by atoms with Gasteiger partial charge in [0, 0.05) is 12.7 Å². The molecule has 1 amide bonds. The number of amides is 1. The number of rotatable bonds is 3. The van der Waals surface area contributed by atoms with Crippen molar-refractivity contribution in [3.05, 3.63) is 30.1 Å². The second-order valence-electron chi connectivity index (χ2n) is 5.08. The van der Waals surface area contributed by atoms with E-state index in [0.717, 1.165) is 31.5 Å². The van der Waals surface area contributed by atoms with Crippen LogP contribution in [0.5, 0.6) is 0 Å². The molecule has 20 heavy (non-hydrogen) atoms. The maximum absolute atomic E-state index is 11.6. The molecule has 2 aromatic heterocycles. The first-order valence-corrected chi connectivity index (χ1v) is 6.85. The molecule has 1 fully saturated rings. The quantitative estimate of drug-likeness (QED) is 0.861. The monoisotopic (exact) mass is 274 g/mol. The molecule has 3 rings (SSSR count). The van der Waals surface area contributed by atoms with Gasteiger partial charge >= 0.3 is 0 Å². The molecule has 6 heteroatoms. The van der Waals surface area contributed by atoms with E-state index >= 15 is 0 Å². The SMILES string of the molecule is NC(=O)C1CCCCN1c1nc2ccccn2c1CO. The van der Waals surface area contributed by atoms with Crippen molar-refractivity contribution in [3.8, 4) is 0 Å². The number of primary amides is 1. The Morgan fingerprint density at radius 3 is 3.05 bits per heavy atom.